The minimum absolute atomic E-state index is 0. The summed E-state index contributed by atoms with van der Waals surface area (Å²) in [5.41, 5.74) is 19.4. The second-order valence-corrected chi connectivity index (χ2v) is 23.6. The molecule has 0 radical (unpaired) electrons. The van der Waals surface area contributed by atoms with Gasteiger partial charge in [0.05, 0.1) is 12.0 Å². The van der Waals surface area contributed by atoms with Gasteiger partial charge in [-0.05, 0) is 114 Å². The molecule has 7 heteroatoms. The van der Waals surface area contributed by atoms with Gasteiger partial charge in [-0.2, -0.15) is 12.1 Å². The predicted molar refractivity (Wildman–Crippen MR) is 336 cm³/mol. The van der Waals surface area contributed by atoms with Crippen molar-refractivity contribution in [3.8, 4) is 50.7 Å². The number of aromatic nitrogens is 2. The van der Waals surface area contributed by atoms with Gasteiger partial charge in [0.2, 0.25) is 0 Å². The zero-order valence-electron chi connectivity index (χ0n) is 47.1. The van der Waals surface area contributed by atoms with Crippen molar-refractivity contribution >= 4 is 50.2 Å². The van der Waals surface area contributed by atoms with E-state index in [1.807, 2.05) is 30.5 Å². The number of fused-ring (bicyclic) bond motifs is 7. The number of anilines is 4. The standard InChI is InChI=1S/C76H58N5O.Pt/c1-74(2,3)52-33-35-53(36-34-52)76(66-29-16-14-27-60(66)61-39-37-56(77-7)46-67(61)76)54-41-42-78-72(45-54)81-68-30-17-15-28-62(68)63-40-38-59(48-71(63)81)82-58-26-20-25-57(47-58)79-49-80(70-32-19-18-31-69(70)79)73-64(50-21-10-8-11-22-50)43-55(75(4,5)6)44-65(73)51-23-12-9-13-24-51;/h8-46,49H,1-6H3;/q-3;. The maximum atomic E-state index is 8.16. The van der Waals surface area contributed by atoms with Gasteiger partial charge in [0, 0.05) is 72.5 Å². The molecule has 0 bridgehead atoms. The van der Waals surface area contributed by atoms with Gasteiger partial charge in [0.25, 0.3) is 0 Å². The van der Waals surface area contributed by atoms with Crippen LogP contribution in [0.5, 0.6) is 11.5 Å². The molecule has 0 spiro atoms. The summed E-state index contributed by atoms with van der Waals surface area (Å²) >= 11 is 0. The van der Waals surface area contributed by atoms with E-state index >= 15 is 0 Å². The first-order valence-corrected chi connectivity index (χ1v) is 28.0. The van der Waals surface area contributed by atoms with Gasteiger partial charge >= 0.3 is 0 Å². The van der Waals surface area contributed by atoms with E-state index in [1.165, 1.54) is 16.7 Å². The van der Waals surface area contributed by atoms with E-state index in [4.69, 9.17) is 16.3 Å². The first kappa shape index (κ1) is 53.1. The van der Waals surface area contributed by atoms with Crippen molar-refractivity contribution in [1.82, 2.24) is 9.55 Å². The van der Waals surface area contributed by atoms with E-state index in [1.54, 1.807) is 0 Å². The largest absolute Gasteiger partial charge is 0.509 e. The summed E-state index contributed by atoms with van der Waals surface area (Å²) in [5.74, 6) is 1.85. The molecular weight excluding hydrogens is 1190 g/mol. The smallest absolute Gasteiger partial charge is 0.187 e. The number of para-hydroxylation sites is 3. The molecule has 0 saturated heterocycles. The second-order valence-electron chi connectivity index (χ2n) is 23.6. The van der Waals surface area contributed by atoms with Crippen molar-refractivity contribution in [1.29, 1.82) is 0 Å². The van der Waals surface area contributed by atoms with Crippen molar-refractivity contribution in [3.63, 3.8) is 0 Å². The summed E-state index contributed by atoms with van der Waals surface area (Å²) in [4.78, 5) is 13.7. The fourth-order valence-electron chi connectivity index (χ4n) is 12.5. The van der Waals surface area contributed by atoms with E-state index < -0.39 is 5.41 Å². The van der Waals surface area contributed by atoms with Crippen LogP contribution in [0.1, 0.15) is 74.9 Å². The molecule has 14 rings (SSSR count). The number of hydrogen-bond donors (Lipinski definition) is 0. The minimum atomic E-state index is -0.756. The molecule has 2 aromatic heterocycles. The van der Waals surface area contributed by atoms with Crippen LogP contribution in [0.15, 0.2) is 237 Å². The van der Waals surface area contributed by atoms with Gasteiger partial charge in [-0.25, -0.2) is 9.83 Å². The van der Waals surface area contributed by atoms with Crippen LogP contribution < -0.4 is 14.5 Å². The fourth-order valence-corrected chi connectivity index (χ4v) is 12.5. The molecule has 6 nitrogen and oxygen atoms in total. The van der Waals surface area contributed by atoms with E-state index in [0.717, 1.165) is 100 Å². The second kappa shape index (κ2) is 20.6. The third-order valence-electron chi connectivity index (χ3n) is 16.6. The van der Waals surface area contributed by atoms with Crippen LogP contribution >= 0.6 is 0 Å². The van der Waals surface area contributed by atoms with Crippen molar-refractivity contribution in [2.75, 3.05) is 9.80 Å². The third kappa shape index (κ3) is 8.94. The van der Waals surface area contributed by atoms with Gasteiger partial charge in [-0.15, -0.1) is 48.1 Å². The summed E-state index contributed by atoms with van der Waals surface area (Å²) in [6.45, 7) is 24.0. The van der Waals surface area contributed by atoms with E-state index in [-0.39, 0.29) is 31.9 Å². The topological polar surface area (TPSA) is 37.9 Å². The summed E-state index contributed by atoms with van der Waals surface area (Å²) in [6, 6.07) is 89.2. The van der Waals surface area contributed by atoms with Crippen LogP contribution in [0.25, 0.3) is 65.8 Å². The average molecular weight is 1250 g/mol. The monoisotopic (exact) mass is 1250 g/mol. The Kier molecular flexibility index (Phi) is 13.2. The van der Waals surface area contributed by atoms with E-state index in [2.05, 4.69) is 286 Å². The molecule has 3 heterocycles. The maximum Gasteiger partial charge on any atom is 0.187 e. The molecule has 0 saturated carbocycles. The predicted octanol–water partition coefficient (Wildman–Crippen LogP) is 19.8. The zero-order chi connectivity index (χ0) is 55.9. The Morgan fingerprint density at radius 3 is 1.83 bits per heavy atom. The molecule has 0 fully saturated rings. The van der Waals surface area contributed by atoms with Gasteiger partial charge in [0.15, 0.2) is 5.69 Å². The molecular formula is C76H58N5OPt-3. The van der Waals surface area contributed by atoms with Gasteiger partial charge in [-0.1, -0.05) is 205 Å². The van der Waals surface area contributed by atoms with Crippen LogP contribution in [-0.4, -0.2) is 9.55 Å². The Balaban J connectivity index is 0.00000645. The molecule has 2 aliphatic rings. The maximum absolute atomic E-state index is 8.16. The number of ether oxygens (including phenoxy) is 1. The first-order chi connectivity index (χ1) is 39.9. The Morgan fingerprint density at radius 1 is 0.506 bits per heavy atom. The molecule has 406 valence electrons. The van der Waals surface area contributed by atoms with Crippen molar-refractivity contribution in [3.05, 3.63) is 300 Å². The van der Waals surface area contributed by atoms with Crippen LogP contribution in [0.2, 0.25) is 0 Å². The summed E-state index contributed by atoms with van der Waals surface area (Å²) < 4.78 is 9.07. The molecule has 83 heavy (non-hydrogen) atoms. The summed E-state index contributed by atoms with van der Waals surface area (Å²) in [5, 5.41) is 2.11. The zero-order valence-corrected chi connectivity index (χ0v) is 49.3. The number of benzene rings is 10. The van der Waals surface area contributed by atoms with Crippen LogP contribution in [0.3, 0.4) is 0 Å². The van der Waals surface area contributed by atoms with Crippen molar-refractivity contribution in [2.24, 2.45) is 0 Å². The van der Waals surface area contributed by atoms with Crippen molar-refractivity contribution < 1.29 is 25.8 Å². The molecule has 1 aliphatic heterocycles. The SMILES string of the molecule is [C-]#[N+]c1ccc2c(c1)C(c1ccc(C(C)(C)C)cc1)(c1ccnc(-n3c4[c-]c(Oc5[c-]c(N6[CH-]N(c7c(-c8ccccc8)cc(C(C)(C)C)cc7-c7ccccc7)c7ccccc76)ccc5)ccc4c4ccccc43)c1)c1ccccc1-2.[Pt]. The average Bonchev–Trinajstić information content (AvgIpc) is 2.33. The number of rotatable bonds is 9. The van der Waals surface area contributed by atoms with Crippen molar-refractivity contribution in [2.45, 2.75) is 57.8 Å². The molecule has 1 unspecified atom stereocenters. The third-order valence-corrected chi connectivity index (χ3v) is 16.6. The van der Waals surface area contributed by atoms with Crippen LogP contribution in [-0.2, 0) is 37.3 Å². The van der Waals surface area contributed by atoms with Crippen LogP contribution in [0, 0.1) is 25.4 Å². The molecule has 1 aliphatic carbocycles. The van der Waals surface area contributed by atoms with E-state index in [0.29, 0.717) is 17.2 Å². The normalized spacial score (nSPS) is 14.5. The van der Waals surface area contributed by atoms with E-state index in [9.17, 15) is 0 Å². The Labute approximate surface area is 501 Å². The minimum Gasteiger partial charge on any atom is -0.509 e. The Hall–Kier alpha value is -9.27. The van der Waals surface area contributed by atoms with Gasteiger partial charge < -0.3 is 19.1 Å². The quantitative estimate of drug-likeness (QED) is 0.135. The molecule has 10 aromatic carbocycles. The molecule has 0 N–H and O–H groups in total. The summed E-state index contributed by atoms with van der Waals surface area (Å²) in [6.07, 6.45) is 1.93. The first-order valence-electron chi connectivity index (χ1n) is 28.0. The number of nitrogens with zero attached hydrogens (tertiary/aromatic N) is 5. The number of hydrogen-bond acceptors (Lipinski definition) is 4. The van der Waals surface area contributed by atoms with Gasteiger partial charge in [0.1, 0.15) is 5.82 Å². The summed E-state index contributed by atoms with van der Waals surface area (Å²) in [7, 11) is 0. The fraction of sp³-hybridized carbons (Fsp3) is 0.118. The Bertz CT molecular complexity index is 4450. The molecule has 12 aromatic rings. The molecule has 0 amide bonds. The Morgan fingerprint density at radius 2 is 1.13 bits per heavy atom. The van der Waals surface area contributed by atoms with Gasteiger partial charge in [-0.3, -0.25) is 0 Å². The molecule has 1 atom stereocenters. The van der Waals surface area contributed by atoms with Crippen LogP contribution in [0.4, 0.5) is 28.4 Å². The number of pyridine rings is 1.